The van der Waals surface area contributed by atoms with Crippen LogP contribution in [-0.2, 0) is 9.59 Å². The first-order valence-corrected chi connectivity index (χ1v) is 13.0. The number of carbonyl (C=O) groups excluding carboxylic acids is 1. The summed E-state index contributed by atoms with van der Waals surface area (Å²) in [5, 5.41) is 8.72. The predicted molar refractivity (Wildman–Crippen MR) is 138 cm³/mol. The summed E-state index contributed by atoms with van der Waals surface area (Å²) in [6.07, 6.45) is 11.3. The molecule has 0 saturated carbocycles. The summed E-state index contributed by atoms with van der Waals surface area (Å²) in [5.74, 6) is 0.448. The van der Waals surface area contributed by atoms with E-state index >= 15 is 0 Å². The molecule has 1 aliphatic rings. The highest BCUT2D eigenvalue weighted by Crippen LogP contribution is 2.35. The van der Waals surface area contributed by atoms with Gasteiger partial charge in [-0.05, 0) is 43.0 Å². The van der Waals surface area contributed by atoms with Gasteiger partial charge in [-0.15, -0.1) is 0 Å². The van der Waals surface area contributed by atoms with Crippen LogP contribution < -0.4 is 9.47 Å². The molecule has 0 aromatic heterocycles. The zero-order chi connectivity index (χ0) is 24.1. The number of nitrogens with zero attached hydrogens (tertiary/aromatic N) is 1. The molecule has 0 atom stereocenters. The molecule has 33 heavy (non-hydrogen) atoms. The summed E-state index contributed by atoms with van der Waals surface area (Å²) in [6.45, 7) is 3.39. The van der Waals surface area contributed by atoms with Gasteiger partial charge in [0, 0.05) is 13.0 Å². The third-order valence-corrected chi connectivity index (χ3v) is 6.76. The maximum absolute atomic E-state index is 12.8. The van der Waals surface area contributed by atoms with Crippen molar-refractivity contribution < 1.29 is 24.2 Å². The van der Waals surface area contributed by atoms with Crippen molar-refractivity contribution in [2.75, 3.05) is 20.3 Å². The van der Waals surface area contributed by atoms with E-state index < -0.39 is 5.97 Å². The lowest BCUT2D eigenvalue weighted by Crippen LogP contribution is -2.29. The van der Waals surface area contributed by atoms with Crippen molar-refractivity contribution in [3.8, 4) is 11.5 Å². The second-order valence-electron chi connectivity index (χ2n) is 8.06. The number of rotatable bonds is 16. The van der Waals surface area contributed by atoms with Gasteiger partial charge in [0.1, 0.15) is 4.32 Å². The van der Waals surface area contributed by atoms with Crippen LogP contribution in [0.5, 0.6) is 11.5 Å². The first kappa shape index (κ1) is 27.2. The van der Waals surface area contributed by atoms with Gasteiger partial charge in [-0.25, -0.2) is 0 Å². The van der Waals surface area contributed by atoms with E-state index in [0.29, 0.717) is 40.3 Å². The van der Waals surface area contributed by atoms with Crippen LogP contribution in [0, 0.1) is 0 Å². The lowest BCUT2D eigenvalue weighted by Gasteiger charge is -2.14. The molecule has 1 amide bonds. The van der Waals surface area contributed by atoms with Crippen LogP contribution >= 0.6 is 24.0 Å². The van der Waals surface area contributed by atoms with Crippen LogP contribution in [0.15, 0.2) is 23.1 Å². The van der Waals surface area contributed by atoms with E-state index in [1.807, 2.05) is 24.3 Å². The van der Waals surface area contributed by atoms with Crippen molar-refractivity contribution in [1.82, 2.24) is 4.90 Å². The van der Waals surface area contributed by atoms with Crippen LogP contribution in [-0.4, -0.2) is 46.5 Å². The quantitative estimate of drug-likeness (QED) is 0.165. The normalized spacial score (nSPS) is 14.8. The SMILES string of the molecule is CCCCCCCCOc1ccc(/C=C2/SC(=S)N(CCCCCC(=O)O)C2=O)cc1OC. The summed E-state index contributed by atoms with van der Waals surface area (Å²) in [4.78, 5) is 25.6. The van der Waals surface area contributed by atoms with Crippen LogP contribution in [0.4, 0.5) is 0 Å². The third kappa shape index (κ3) is 9.37. The molecule has 2 rings (SSSR count). The Labute approximate surface area is 206 Å². The van der Waals surface area contributed by atoms with Crippen molar-refractivity contribution >= 4 is 46.3 Å². The molecule has 1 aromatic rings. The lowest BCUT2D eigenvalue weighted by molar-refractivity contribution is -0.137. The van der Waals surface area contributed by atoms with Crippen LogP contribution in [0.2, 0.25) is 0 Å². The van der Waals surface area contributed by atoms with Crippen LogP contribution in [0.1, 0.15) is 76.7 Å². The van der Waals surface area contributed by atoms with E-state index in [4.69, 9.17) is 26.8 Å². The molecule has 0 spiro atoms. The number of carboxylic acid groups (broad SMARTS) is 1. The molecule has 0 unspecified atom stereocenters. The van der Waals surface area contributed by atoms with E-state index in [9.17, 15) is 9.59 Å². The summed E-state index contributed by atoms with van der Waals surface area (Å²) in [5.41, 5.74) is 0.848. The molecule has 0 bridgehead atoms. The van der Waals surface area contributed by atoms with Gasteiger partial charge in [-0.2, -0.15) is 0 Å². The number of ether oxygens (including phenoxy) is 2. The number of amides is 1. The minimum atomic E-state index is -0.794. The molecule has 6 nitrogen and oxygen atoms in total. The number of hydrogen-bond acceptors (Lipinski definition) is 6. The Morgan fingerprint density at radius 2 is 1.82 bits per heavy atom. The zero-order valence-corrected chi connectivity index (χ0v) is 21.3. The van der Waals surface area contributed by atoms with Gasteiger partial charge >= 0.3 is 5.97 Å². The highest BCUT2D eigenvalue weighted by atomic mass is 32.2. The summed E-state index contributed by atoms with van der Waals surface area (Å²) in [7, 11) is 1.61. The zero-order valence-electron chi connectivity index (χ0n) is 19.6. The molecule has 1 aliphatic heterocycles. The minimum Gasteiger partial charge on any atom is -0.493 e. The average molecular weight is 494 g/mol. The maximum Gasteiger partial charge on any atom is 0.303 e. The van der Waals surface area contributed by atoms with Gasteiger partial charge in [-0.1, -0.05) is 75.5 Å². The largest absolute Gasteiger partial charge is 0.493 e. The van der Waals surface area contributed by atoms with Gasteiger partial charge in [-0.3, -0.25) is 14.5 Å². The van der Waals surface area contributed by atoms with Gasteiger partial charge in [0.2, 0.25) is 0 Å². The Hall–Kier alpha value is -2.06. The van der Waals surface area contributed by atoms with E-state index in [2.05, 4.69) is 6.92 Å². The minimum absolute atomic E-state index is 0.106. The Balaban J connectivity index is 1.89. The number of methoxy groups -OCH3 is 1. The Morgan fingerprint density at radius 3 is 2.55 bits per heavy atom. The Kier molecular flexibility index (Phi) is 12.3. The second kappa shape index (κ2) is 15.0. The van der Waals surface area contributed by atoms with Gasteiger partial charge < -0.3 is 14.6 Å². The average Bonchev–Trinajstić information content (AvgIpc) is 3.05. The van der Waals surface area contributed by atoms with Crippen LogP contribution in [0.3, 0.4) is 0 Å². The summed E-state index contributed by atoms with van der Waals surface area (Å²) >= 11 is 6.67. The van der Waals surface area contributed by atoms with E-state index in [1.54, 1.807) is 12.0 Å². The molecule has 0 radical (unpaired) electrons. The third-order valence-electron chi connectivity index (χ3n) is 5.39. The van der Waals surface area contributed by atoms with Crippen molar-refractivity contribution in [3.63, 3.8) is 0 Å². The van der Waals surface area contributed by atoms with Crippen molar-refractivity contribution in [1.29, 1.82) is 0 Å². The number of thioether (sulfide) groups is 1. The number of benzene rings is 1. The summed E-state index contributed by atoms with van der Waals surface area (Å²) in [6, 6.07) is 5.66. The fourth-order valence-corrected chi connectivity index (χ4v) is 4.83. The van der Waals surface area contributed by atoms with E-state index in [1.165, 1.54) is 43.9 Å². The van der Waals surface area contributed by atoms with Gasteiger partial charge in [0.05, 0.1) is 18.6 Å². The van der Waals surface area contributed by atoms with Gasteiger partial charge in [0.25, 0.3) is 5.91 Å². The predicted octanol–water partition coefficient (Wildman–Crippen LogP) is 6.28. The molecule has 1 aromatic carbocycles. The number of aliphatic carboxylic acids is 1. The number of carboxylic acids is 1. The molecule has 1 N–H and O–H groups in total. The molecule has 1 saturated heterocycles. The van der Waals surface area contributed by atoms with Crippen molar-refractivity contribution in [3.05, 3.63) is 28.7 Å². The molecule has 182 valence electrons. The lowest BCUT2D eigenvalue weighted by atomic mass is 10.1. The molecule has 0 aliphatic carbocycles. The smallest absolute Gasteiger partial charge is 0.303 e. The Morgan fingerprint density at radius 1 is 1.09 bits per heavy atom. The second-order valence-corrected chi connectivity index (χ2v) is 9.74. The first-order chi connectivity index (χ1) is 16.0. The highest BCUT2D eigenvalue weighted by Gasteiger charge is 2.31. The topological polar surface area (TPSA) is 76.1 Å². The van der Waals surface area contributed by atoms with E-state index in [-0.39, 0.29) is 12.3 Å². The maximum atomic E-state index is 12.8. The summed E-state index contributed by atoms with van der Waals surface area (Å²) < 4.78 is 11.9. The number of unbranched alkanes of at least 4 members (excludes halogenated alkanes) is 7. The highest BCUT2D eigenvalue weighted by molar-refractivity contribution is 8.26. The number of hydrogen-bond donors (Lipinski definition) is 1. The Bertz CT molecular complexity index is 840. The standard InChI is InChI=1S/C25H35NO5S2/c1-3-4-5-6-7-11-16-31-20-14-13-19(17-21(20)30-2)18-22-24(29)26(25(32)33-22)15-10-8-9-12-23(27)28/h13-14,17-18H,3-12,15-16H2,1-2H3,(H,27,28)/b22-18+. The molecular weight excluding hydrogens is 458 g/mol. The van der Waals surface area contributed by atoms with E-state index in [0.717, 1.165) is 24.8 Å². The van der Waals surface area contributed by atoms with Crippen LogP contribution in [0.25, 0.3) is 6.08 Å². The fraction of sp³-hybridized carbons (Fsp3) is 0.560. The molecular formula is C25H35NO5S2. The monoisotopic (exact) mass is 493 g/mol. The number of carbonyl (C=O) groups is 2. The number of thiocarbonyl (C=S) groups is 1. The molecule has 8 heteroatoms. The van der Waals surface area contributed by atoms with Crippen molar-refractivity contribution in [2.45, 2.75) is 71.1 Å². The first-order valence-electron chi connectivity index (χ1n) is 11.7. The molecule has 1 fully saturated rings. The van der Waals surface area contributed by atoms with Gasteiger partial charge in [0.15, 0.2) is 11.5 Å². The van der Waals surface area contributed by atoms with Crippen molar-refractivity contribution in [2.24, 2.45) is 0 Å². The molecule has 1 heterocycles. The fourth-order valence-electron chi connectivity index (χ4n) is 3.52.